The van der Waals surface area contributed by atoms with Gasteiger partial charge in [0.05, 0.1) is 24.4 Å². The first-order chi connectivity index (χ1) is 19.6. The predicted molar refractivity (Wildman–Crippen MR) is 150 cm³/mol. The molecule has 0 spiro atoms. The molecule has 0 unspecified atom stereocenters. The van der Waals surface area contributed by atoms with E-state index in [4.69, 9.17) is 10.5 Å². The summed E-state index contributed by atoms with van der Waals surface area (Å²) >= 11 is 0. The monoisotopic (exact) mass is 566 g/mol. The minimum atomic E-state index is -4.77. The van der Waals surface area contributed by atoms with E-state index in [0.717, 1.165) is 18.0 Å². The Labute approximate surface area is 235 Å². The number of esters is 1. The highest BCUT2D eigenvalue weighted by atomic mass is 19.4. The van der Waals surface area contributed by atoms with Gasteiger partial charge in [-0.3, -0.25) is 14.6 Å². The molecule has 0 saturated carbocycles. The number of benzene rings is 1. The molecule has 214 valence electrons. The maximum Gasteiger partial charge on any atom is 0.433 e. The van der Waals surface area contributed by atoms with Crippen LogP contribution in [-0.4, -0.2) is 53.4 Å². The van der Waals surface area contributed by atoms with Gasteiger partial charge >= 0.3 is 12.1 Å². The molecule has 3 aromatic rings. The summed E-state index contributed by atoms with van der Waals surface area (Å²) in [5, 5.41) is 2.65. The number of carbonyl (C=O) groups is 2. The lowest BCUT2D eigenvalue weighted by Crippen LogP contribution is -2.37. The highest BCUT2D eigenvalue weighted by Crippen LogP contribution is 2.26. The van der Waals surface area contributed by atoms with Gasteiger partial charge in [0.1, 0.15) is 11.5 Å². The zero-order valence-electron chi connectivity index (χ0n) is 22.3. The van der Waals surface area contributed by atoms with Crippen LogP contribution in [-0.2, 0) is 9.53 Å². The lowest BCUT2D eigenvalue weighted by molar-refractivity contribution is -0.148. The summed E-state index contributed by atoms with van der Waals surface area (Å²) in [4.78, 5) is 38.6. The van der Waals surface area contributed by atoms with E-state index >= 15 is 0 Å². The number of nitrogens with zero attached hydrogens (tertiary/aromatic N) is 4. The molecule has 0 atom stereocenters. The van der Waals surface area contributed by atoms with E-state index in [2.05, 4.69) is 25.2 Å². The number of rotatable bonds is 8. The van der Waals surface area contributed by atoms with Crippen molar-refractivity contribution >= 4 is 40.5 Å². The summed E-state index contributed by atoms with van der Waals surface area (Å²) in [6, 6.07) is 12.8. The number of piperidine rings is 1. The van der Waals surface area contributed by atoms with Gasteiger partial charge in [0.25, 0.3) is 5.91 Å². The molecule has 41 heavy (non-hydrogen) atoms. The highest BCUT2D eigenvalue weighted by molar-refractivity contribution is 6.06. The largest absolute Gasteiger partial charge is 0.466 e. The number of pyridine rings is 2. The summed E-state index contributed by atoms with van der Waals surface area (Å²) < 4.78 is 46.0. The van der Waals surface area contributed by atoms with Crippen LogP contribution in [0.1, 0.15) is 35.7 Å². The topological polar surface area (TPSA) is 123 Å². The van der Waals surface area contributed by atoms with E-state index in [1.165, 1.54) is 30.6 Å². The fourth-order valence-corrected chi connectivity index (χ4v) is 4.27. The van der Waals surface area contributed by atoms with Crippen LogP contribution in [0.3, 0.4) is 0 Å². The zero-order chi connectivity index (χ0) is 29.4. The fraction of sp³-hybridized carbons (Fsp3) is 0.276. The summed E-state index contributed by atoms with van der Waals surface area (Å²) in [5.74, 6) is -0.587. The molecule has 1 aliphatic heterocycles. The molecule has 4 rings (SSSR count). The number of hydrogen-bond donors (Lipinski definition) is 2. The van der Waals surface area contributed by atoms with Crippen LogP contribution in [0.4, 0.5) is 30.4 Å². The number of halogens is 3. The van der Waals surface area contributed by atoms with E-state index in [0.29, 0.717) is 43.7 Å². The molecule has 1 aliphatic rings. The number of nitrogens with two attached hydrogens (primary N) is 1. The molecular weight excluding hydrogens is 537 g/mol. The second-order valence-corrected chi connectivity index (χ2v) is 9.26. The van der Waals surface area contributed by atoms with Gasteiger partial charge in [-0.1, -0.05) is 6.07 Å². The predicted octanol–water partition coefficient (Wildman–Crippen LogP) is 5.14. The van der Waals surface area contributed by atoms with E-state index in [1.807, 2.05) is 6.07 Å². The Balaban J connectivity index is 1.42. The van der Waals surface area contributed by atoms with Crippen LogP contribution in [0.2, 0.25) is 0 Å². The van der Waals surface area contributed by atoms with Crippen molar-refractivity contribution in [2.45, 2.75) is 25.9 Å². The Bertz CT molecular complexity index is 1420. The molecule has 1 aromatic carbocycles. The number of aromatic nitrogens is 2. The zero-order valence-corrected chi connectivity index (χ0v) is 22.3. The number of anilines is 2. The number of alkyl halides is 3. The molecule has 2 aromatic heterocycles. The van der Waals surface area contributed by atoms with Crippen molar-refractivity contribution in [2.24, 2.45) is 16.6 Å². The van der Waals surface area contributed by atoms with Gasteiger partial charge in [0.2, 0.25) is 0 Å². The fourth-order valence-electron chi connectivity index (χ4n) is 4.27. The van der Waals surface area contributed by atoms with Gasteiger partial charge in [0.15, 0.2) is 0 Å². The van der Waals surface area contributed by atoms with Crippen molar-refractivity contribution in [1.29, 1.82) is 0 Å². The molecule has 3 N–H and O–H groups in total. The van der Waals surface area contributed by atoms with Gasteiger partial charge in [-0.25, -0.2) is 9.98 Å². The van der Waals surface area contributed by atoms with E-state index in [1.54, 1.807) is 31.2 Å². The quantitative estimate of drug-likeness (QED) is 0.286. The Hall–Kier alpha value is -4.74. The van der Waals surface area contributed by atoms with Crippen LogP contribution in [0, 0.1) is 5.92 Å². The van der Waals surface area contributed by atoms with Crippen LogP contribution < -0.4 is 16.0 Å². The highest BCUT2D eigenvalue weighted by Gasteiger charge is 2.34. The van der Waals surface area contributed by atoms with Crippen molar-refractivity contribution in [3.63, 3.8) is 0 Å². The summed E-state index contributed by atoms with van der Waals surface area (Å²) in [7, 11) is 0. The molecule has 1 saturated heterocycles. The Kier molecular flexibility index (Phi) is 9.33. The first kappa shape index (κ1) is 29.2. The molecular formula is C29H29F3N6O3. The number of aliphatic imine (C=N–C) groups is 1. The summed E-state index contributed by atoms with van der Waals surface area (Å²) in [6.07, 6.45) is 1.25. The van der Waals surface area contributed by atoms with E-state index < -0.39 is 17.8 Å². The Morgan fingerprint density at radius 2 is 1.88 bits per heavy atom. The summed E-state index contributed by atoms with van der Waals surface area (Å²) in [5.41, 5.74) is 5.95. The first-order valence-electron chi connectivity index (χ1n) is 13.0. The van der Waals surface area contributed by atoms with Crippen LogP contribution in [0.15, 0.2) is 78.2 Å². The van der Waals surface area contributed by atoms with Crippen LogP contribution >= 0.6 is 0 Å². The second-order valence-electron chi connectivity index (χ2n) is 9.26. The lowest BCUT2D eigenvalue weighted by Gasteiger charge is -2.32. The third-order valence-corrected chi connectivity index (χ3v) is 6.40. The minimum Gasteiger partial charge on any atom is -0.466 e. The van der Waals surface area contributed by atoms with Crippen molar-refractivity contribution in [3.8, 4) is 0 Å². The lowest BCUT2D eigenvalue weighted by atomic mass is 9.96. The maximum atomic E-state index is 13.6. The molecule has 12 heteroatoms. The number of hydrogen-bond acceptors (Lipinski definition) is 8. The number of carbonyl (C=O) groups excluding carboxylic acids is 2. The van der Waals surface area contributed by atoms with E-state index in [9.17, 15) is 22.8 Å². The molecule has 0 bridgehead atoms. The van der Waals surface area contributed by atoms with Crippen molar-refractivity contribution in [1.82, 2.24) is 9.97 Å². The minimum absolute atomic E-state index is 0.0706. The van der Waals surface area contributed by atoms with Gasteiger partial charge in [-0.05, 0) is 68.3 Å². The third kappa shape index (κ3) is 7.90. The van der Waals surface area contributed by atoms with Gasteiger partial charge in [0, 0.05) is 48.0 Å². The standard InChI is InChI=1S/C29H29F3N6O3/c1-2-41-28(40)19-10-13-38(14-11-19)23-7-3-5-20(15-23)27(39)37-26-9-8-22(18-35-26)36-25(29(30,31)32)16-24(33)21-6-4-12-34-17-21/h3-9,12,15-19H,2,10-11,13-14,33H2,1H3,(H,35,37,39). The number of amides is 1. The smallest absolute Gasteiger partial charge is 0.433 e. The SMILES string of the molecule is CCOC(=O)C1CCN(c2cccc(C(=O)Nc3ccc(N=C(C=C(N)c4cccnc4)C(F)(F)F)cn3)c2)CC1. The molecule has 0 radical (unpaired) electrons. The molecule has 1 fully saturated rings. The Morgan fingerprint density at radius 1 is 1.12 bits per heavy atom. The molecule has 0 aliphatic carbocycles. The van der Waals surface area contributed by atoms with E-state index in [-0.39, 0.29) is 29.1 Å². The Morgan fingerprint density at radius 3 is 2.51 bits per heavy atom. The summed E-state index contributed by atoms with van der Waals surface area (Å²) in [6.45, 7) is 3.45. The number of allylic oxidation sites excluding steroid dienone is 1. The van der Waals surface area contributed by atoms with Crippen molar-refractivity contribution in [2.75, 3.05) is 29.9 Å². The molecule has 3 heterocycles. The third-order valence-electron chi connectivity index (χ3n) is 6.40. The second kappa shape index (κ2) is 13.1. The normalized spacial score (nSPS) is 15.0. The molecule has 9 nitrogen and oxygen atoms in total. The van der Waals surface area contributed by atoms with Crippen molar-refractivity contribution < 1.29 is 27.5 Å². The van der Waals surface area contributed by atoms with Crippen molar-refractivity contribution in [3.05, 3.63) is 84.3 Å². The van der Waals surface area contributed by atoms with Gasteiger partial charge in [-0.2, -0.15) is 13.2 Å². The van der Waals surface area contributed by atoms with Crippen LogP contribution in [0.25, 0.3) is 5.70 Å². The van der Waals surface area contributed by atoms with Gasteiger partial charge in [-0.15, -0.1) is 0 Å². The average Bonchev–Trinajstić information content (AvgIpc) is 2.98. The number of nitrogens with one attached hydrogen (secondary N) is 1. The van der Waals surface area contributed by atoms with Gasteiger partial charge < -0.3 is 20.7 Å². The maximum absolute atomic E-state index is 13.6. The average molecular weight is 567 g/mol. The van der Waals surface area contributed by atoms with Crippen LogP contribution in [0.5, 0.6) is 0 Å². The molecule has 1 amide bonds. The first-order valence-corrected chi connectivity index (χ1v) is 13.0. The number of ether oxygens (including phenoxy) is 1.